The highest BCUT2D eigenvalue weighted by atomic mass is 32.1. The molecule has 3 amide bonds. The van der Waals surface area contributed by atoms with E-state index in [0.717, 1.165) is 16.0 Å². The molecule has 0 saturated heterocycles. The van der Waals surface area contributed by atoms with Crippen molar-refractivity contribution in [3.63, 3.8) is 0 Å². The van der Waals surface area contributed by atoms with Crippen molar-refractivity contribution in [2.24, 2.45) is 0 Å². The van der Waals surface area contributed by atoms with E-state index in [1.807, 2.05) is 12.1 Å². The van der Waals surface area contributed by atoms with Gasteiger partial charge in [-0.05, 0) is 17.7 Å². The highest BCUT2D eigenvalue weighted by molar-refractivity contribution is 7.14. The van der Waals surface area contributed by atoms with Crippen molar-refractivity contribution in [1.29, 1.82) is 0 Å². The molecule has 0 fully saturated rings. The zero-order valence-corrected chi connectivity index (χ0v) is 17.2. The molecule has 0 bridgehead atoms. The zero-order chi connectivity index (χ0) is 22.0. The Morgan fingerprint density at radius 3 is 2.43 bits per heavy atom. The summed E-state index contributed by atoms with van der Waals surface area (Å²) < 4.78 is 4.49. The number of hydrogen-bond acceptors (Lipinski definition) is 6. The lowest BCUT2D eigenvalue weighted by Gasteiger charge is -2.18. The molecule has 1 aromatic heterocycles. The van der Waals surface area contributed by atoms with Crippen molar-refractivity contribution < 1.29 is 23.9 Å². The largest absolute Gasteiger partial charge is 0.464 e. The van der Waals surface area contributed by atoms with E-state index in [9.17, 15) is 19.2 Å². The number of methoxy groups -OCH3 is 1. The van der Waals surface area contributed by atoms with E-state index in [4.69, 9.17) is 0 Å². The van der Waals surface area contributed by atoms with Gasteiger partial charge in [-0.15, -0.1) is 11.3 Å². The van der Waals surface area contributed by atoms with Crippen LogP contribution in [0.1, 0.15) is 22.8 Å². The van der Waals surface area contributed by atoms with E-state index in [-0.39, 0.29) is 29.8 Å². The molecule has 0 unspecified atom stereocenters. The SMILES string of the molecule is C=C(NC(=O)C(=C)N1Cc2c(csc2-c2ccc(NC(C)=O)cc2)C1=O)C(=O)OC. The Kier molecular flexibility index (Phi) is 5.84. The molecule has 2 aromatic rings. The van der Waals surface area contributed by atoms with Gasteiger partial charge in [0.15, 0.2) is 0 Å². The van der Waals surface area contributed by atoms with Crippen molar-refractivity contribution in [3.05, 3.63) is 65.3 Å². The molecule has 2 heterocycles. The molecule has 0 atom stereocenters. The summed E-state index contributed by atoms with van der Waals surface area (Å²) in [5.41, 5.74) is 2.51. The maximum Gasteiger partial charge on any atom is 0.353 e. The van der Waals surface area contributed by atoms with Crippen molar-refractivity contribution in [3.8, 4) is 10.4 Å². The van der Waals surface area contributed by atoms with Crippen LogP contribution in [-0.4, -0.2) is 35.7 Å². The molecule has 2 N–H and O–H groups in total. The van der Waals surface area contributed by atoms with Crippen LogP contribution in [0, 0.1) is 0 Å². The van der Waals surface area contributed by atoms with Crippen LogP contribution in [0.25, 0.3) is 10.4 Å². The fourth-order valence-electron chi connectivity index (χ4n) is 2.97. The number of anilines is 1. The van der Waals surface area contributed by atoms with Crippen LogP contribution >= 0.6 is 11.3 Å². The quantitative estimate of drug-likeness (QED) is 0.547. The molecule has 154 valence electrons. The summed E-state index contributed by atoms with van der Waals surface area (Å²) in [5.74, 6) is -2.00. The van der Waals surface area contributed by atoms with Crippen molar-refractivity contribution in [2.45, 2.75) is 13.5 Å². The van der Waals surface area contributed by atoms with Gasteiger partial charge in [-0.2, -0.15) is 0 Å². The molecule has 9 heteroatoms. The average molecular weight is 425 g/mol. The van der Waals surface area contributed by atoms with Crippen LogP contribution in [0.4, 0.5) is 5.69 Å². The summed E-state index contributed by atoms with van der Waals surface area (Å²) >= 11 is 1.43. The fourth-order valence-corrected chi connectivity index (χ4v) is 4.04. The Hall–Kier alpha value is -3.72. The van der Waals surface area contributed by atoms with E-state index in [0.29, 0.717) is 11.3 Å². The molecule has 1 aliphatic heterocycles. The number of nitrogens with one attached hydrogen (secondary N) is 2. The van der Waals surface area contributed by atoms with Crippen molar-refractivity contribution >= 4 is 40.7 Å². The van der Waals surface area contributed by atoms with Crippen LogP contribution in [0.5, 0.6) is 0 Å². The molecule has 30 heavy (non-hydrogen) atoms. The van der Waals surface area contributed by atoms with E-state index in [2.05, 4.69) is 28.5 Å². The number of amides is 3. The zero-order valence-electron chi connectivity index (χ0n) is 16.4. The minimum absolute atomic E-state index is 0.0989. The van der Waals surface area contributed by atoms with Crippen LogP contribution < -0.4 is 10.6 Å². The fraction of sp³-hybridized carbons (Fsp3) is 0.143. The number of hydrogen-bond donors (Lipinski definition) is 2. The number of carbonyl (C=O) groups excluding carboxylic acids is 4. The normalized spacial score (nSPS) is 12.2. The third-order valence-electron chi connectivity index (χ3n) is 4.44. The van der Waals surface area contributed by atoms with Gasteiger partial charge in [-0.25, -0.2) is 4.79 Å². The second-order valence-corrected chi connectivity index (χ2v) is 7.36. The molecular formula is C21H19N3O5S. The van der Waals surface area contributed by atoms with Crippen LogP contribution in [-0.2, 0) is 25.7 Å². The summed E-state index contributed by atoms with van der Waals surface area (Å²) in [6.45, 7) is 8.73. The van der Waals surface area contributed by atoms with Crippen LogP contribution in [0.2, 0.25) is 0 Å². The number of thiophene rings is 1. The molecule has 1 aliphatic rings. The molecule has 1 aromatic carbocycles. The lowest BCUT2D eigenvalue weighted by Crippen LogP contribution is -2.36. The first-order chi connectivity index (χ1) is 14.2. The van der Waals surface area contributed by atoms with E-state index in [1.165, 1.54) is 30.3 Å². The highest BCUT2D eigenvalue weighted by Crippen LogP contribution is 2.39. The lowest BCUT2D eigenvalue weighted by atomic mass is 10.1. The van der Waals surface area contributed by atoms with Gasteiger partial charge in [-0.1, -0.05) is 25.3 Å². The summed E-state index contributed by atoms with van der Waals surface area (Å²) in [5, 5.41) is 6.73. The molecule has 3 rings (SSSR count). The van der Waals surface area contributed by atoms with E-state index >= 15 is 0 Å². The first-order valence-corrected chi connectivity index (χ1v) is 9.68. The van der Waals surface area contributed by atoms with Crippen LogP contribution in [0.3, 0.4) is 0 Å². The predicted molar refractivity (Wildman–Crippen MR) is 112 cm³/mol. The molecule has 0 aliphatic carbocycles. The Morgan fingerprint density at radius 2 is 1.83 bits per heavy atom. The second-order valence-electron chi connectivity index (χ2n) is 6.48. The molecule has 8 nitrogen and oxygen atoms in total. The number of nitrogens with zero attached hydrogens (tertiary/aromatic N) is 1. The van der Waals surface area contributed by atoms with Crippen LogP contribution in [0.15, 0.2) is 54.2 Å². The Bertz CT molecular complexity index is 1080. The highest BCUT2D eigenvalue weighted by Gasteiger charge is 2.35. The minimum Gasteiger partial charge on any atom is -0.464 e. The Balaban J connectivity index is 1.77. The summed E-state index contributed by atoms with van der Waals surface area (Å²) in [4.78, 5) is 49.8. The predicted octanol–water partition coefficient (Wildman–Crippen LogP) is 2.65. The van der Waals surface area contributed by atoms with Gasteiger partial charge >= 0.3 is 5.97 Å². The number of esters is 1. The average Bonchev–Trinajstić information content (AvgIpc) is 3.27. The first kappa shape index (κ1) is 21.0. The number of carbonyl (C=O) groups is 4. The number of rotatable bonds is 6. The standard InChI is InChI=1S/C21H19N3O5S/c1-11(21(28)29-4)22-19(26)12(2)24-9-16-17(20(24)27)10-30-18(16)14-5-7-15(8-6-14)23-13(3)25/h5-8,10H,1-2,9H2,3-4H3,(H,22,26)(H,23,25). The lowest BCUT2D eigenvalue weighted by molar-refractivity contribution is -0.137. The molecular weight excluding hydrogens is 406 g/mol. The van der Waals surface area contributed by atoms with Gasteiger partial charge in [0.25, 0.3) is 11.8 Å². The third kappa shape index (κ3) is 4.01. The van der Waals surface area contributed by atoms with Gasteiger partial charge < -0.3 is 15.4 Å². The second kappa shape index (κ2) is 8.34. The van der Waals surface area contributed by atoms with Gasteiger partial charge in [0.05, 0.1) is 19.2 Å². The van der Waals surface area contributed by atoms with Gasteiger partial charge in [0.2, 0.25) is 5.91 Å². The third-order valence-corrected chi connectivity index (χ3v) is 5.51. The number of benzene rings is 1. The minimum atomic E-state index is -0.785. The number of ether oxygens (including phenoxy) is 1. The first-order valence-electron chi connectivity index (χ1n) is 8.80. The van der Waals surface area contributed by atoms with Gasteiger partial charge in [0.1, 0.15) is 11.4 Å². The van der Waals surface area contributed by atoms with E-state index < -0.39 is 11.9 Å². The van der Waals surface area contributed by atoms with Gasteiger partial charge in [0, 0.05) is 28.4 Å². The topological polar surface area (TPSA) is 105 Å². The summed E-state index contributed by atoms with van der Waals surface area (Å²) in [6, 6.07) is 7.27. The molecule has 0 radical (unpaired) electrons. The van der Waals surface area contributed by atoms with Crippen molar-refractivity contribution in [2.75, 3.05) is 12.4 Å². The Morgan fingerprint density at radius 1 is 1.17 bits per heavy atom. The maximum atomic E-state index is 12.8. The maximum absolute atomic E-state index is 12.8. The number of fused-ring (bicyclic) bond motifs is 1. The summed E-state index contributed by atoms with van der Waals surface area (Å²) in [7, 11) is 1.17. The summed E-state index contributed by atoms with van der Waals surface area (Å²) in [6.07, 6.45) is 0. The van der Waals surface area contributed by atoms with Crippen molar-refractivity contribution in [1.82, 2.24) is 10.2 Å². The Labute approximate surface area is 176 Å². The monoisotopic (exact) mass is 425 g/mol. The van der Waals surface area contributed by atoms with E-state index in [1.54, 1.807) is 17.5 Å². The molecule has 0 spiro atoms. The molecule has 0 saturated carbocycles. The van der Waals surface area contributed by atoms with Gasteiger partial charge in [-0.3, -0.25) is 19.3 Å². The smallest absolute Gasteiger partial charge is 0.353 e.